The van der Waals surface area contributed by atoms with Crippen molar-refractivity contribution in [1.29, 1.82) is 0 Å². The quantitative estimate of drug-likeness (QED) is 0.633. The maximum absolute atomic E-state index is 11.3. The average Bonchev–Trinajstić information content (AvgIpc) is 2.66. The van der Waals surface area contributed by atoms with Crippen molar-refractivity contribution >= 4 is 17.5 Å². The molecule has 0 fully saturated rings. The van der Waals surface area contributed by atoms with Crippen LogP contribution in [0.2, 0.25) is 0 Å². The van der Waals surface area contributed by atoms with Crippen molar-refractivity contribution in [3.8, 4) is 5.75 Å². The molecule has 1 aliphatic rings. The second kappa shape index (κ2) is 5.21. The molecule has 0 aliphatic carbocycles. The summed E-state index contributed by atoms with van der Waals surface area (Å²) in [4.78, 5) is 11.3. The molecule has 3 nitrogen and oxygen atoms in total. The lowest BCUT2D eigenvalue weighted by Crippen LogP contribution is -2.12. The highest BCUT2D eigenvalue weighted by atomic mass is 35.5. The van der Waals surface area contributed by atoms with E-state index in [4.69, 9.17) is 16.3 Å². The van der Waals surface area contributed by atoms with Crippen LogP contribution in [-0.4, -0.2) is 18.4 Å². The highest BCUT2D eigenvalue weighted by Gasteiger charge is 2.18. The Labute approximate surface area is 99.7 Å². The second-order valence-corrected chi connectivity index (χ2v) is 4.12. The lowest BCUT2D eigenvalue weighted by molar-refractivity contribution is 0.0966. The van der Waals surface area contributed by atoms with Gasteiger partial charge in [0.15, 0.2) is 0 Å². The zero-order valence-electron chi connectivity index (χ0n) is 8.96. The molecule has 0 spiro atoms. The van der Waals surface area contributed by atoms with Crippen LogP contribution in [0.25, 0.3) is 0 Å². The van der Waals surface area contributed by atoms with Crippen molar-refractivity contribution in [2.75, 3.05) is 12.5 Å². The Morgan fingerprint density at radius 1 is 1.38 bits per heavy atom. The third-order valence-electron chi connectivity index (χ3n) is 2.56. The number of alkyl halides is 1. The highest BCUT2D eigenvalue weighted by molar-refractivity contribution is 6.17. The van der Waals surface area contributed by atoms with E-state index in [1.165, 1.54) is 0 Å². The van der Waals surface area contributed by atoms with Crippen LogP contribution in [0.1, 0.15) is 28.8 Å². The Morgan fingerprint density at radius 3 is 3.06 bits per heavy atom. The Kier molecular flexibility index (Phi) is 3.67. The molecule has 1 aromatic carbocycles. The first-order valence-corrected chi connectivity index (χ1v) is 5.94. The minimum absolute atomic E-state index is 0.00342. The van der Waals surface area contributed by atoms with Crippen molar-refractivity contribution in [1.82, 2.24) is 5.32 Å². The van der Waals surface area contributed by atoms with Gasteiger partial charge in [-0.05, 0) is 36.6 Å². The number of nitrogens with one attached hydrogen (secondary N) is 1. The predicted molar refractivity (Wildman–Crippen MR) is 63.1 cm³/mol. The van der Waals surface area contributed by atoms with Gasteiger partial charge in [-0.2, -0.15) is 0 Å². The number of carbonyl (C=O) groups is 1. The summed E-state index contributed by atoms with van der Waals surface area (Å²) in [6, 6.07) is 5.58. The molecule has 4 heteroatoms. The summed E-state index contributed by atoms with van der Waals surface area (Å²) >= 11 is 5.57. The molecule has 86 valence electrons. The van der Waals surface area contributed by atoms with Crippen LogP contribution < -0.4 is 10.1 Å². The fraction of sp³-hybridized carbons (Fsp3) is 0.417. The molecule has 0 radical (unpaired) electrons. The topological polar surface area (TPSA) is 38.3 Å². The van der Waals surface area contributed by atoms with E-state index in [1.54, 1.807) is 0 Å². The monoisotopic (exact) mass is 239 g/mol. The van der Waals surface area contributed by atoms with E-state index < -0.39 is 0 Å². The van der Waals surface area contributed by atoms with Crippen LogP contribution in [0.4, 0.5) is 0 Å². The number of benzene rings is 1. The summed E-state index contributed by atoms with van der Waals surface area (Å²) in [5.74, 6) is 1.50. The zero-order chi connectivity index (χ0) is 11.4. The van der Waals surface area contributed by atoms with Gasteiger partial charge in [0.1, 0.15) is 5.75 Å². The largest absolute Gasteiger partial charge is 0.494 e. The molecule has 2 rings (SSSR count). The molecule has 1 N–H and O–H groups in total. The normalized spacial score (nSPS) is 13.4. The predicted octanol–water partition coefficient (Wildman–Crippen LogP) is 2.33. The van der Waals surface area contributed by atoms with Crippen molar-refractivity contribution in [2.24, 2.45) is 0 Å². The van der Waals surface area contributed by atoms with Gasteiger partial charge >= 0.3 is 0 Å². The molecule has 0 saturated carbocycles. The van der Waals surface area contributed by atoms with Gasteiger partial charge in [-0.1, -0.05) is 0 Å². The van der Waals surface area contributed by atoms with Gasteiger partial charge in [0.25, 0.3) is 5.91 Å². The number of halogens is 1. The van der Waals surface area contributed by atoms with Crippen molar-refractivity contribution in [3.05, 3.63) is 29.3 Å². The maximum atomic E-state index is 11.3. The van der Waals surface area contributed by atoms with Crippen LogP contribution in [0.5, 0.6) is 5.75 Å². The molecule has 0 atom stereocenters. The van der Waals surface area contributed by atoms with E-state index in [2.05, 4.69) is 5.32 Å². The molecule has 0 bridgehead atoms. The number of amides is 1. The molecule has 0 unspecified atom stereocenters. The van der Waals surface area contributed by atoms with Crippen LogP contribution in [0, 0.1) is 0 Å². The Bertz CT molecular complexity index is 393. The van der Waals surface area contributed by atoms with E-state index in [9.17, 15) is 4.79 Å². The summed E-state index contributed by atoms with van der Waals surface area (Å²) in [7, 11) is 0. The third-order valence-corrected chi connectivity index (χ3v) is 2.82. The first kappa shape index (κ1) is 11.3. The van der Waals surface area contributed by atoms with E-state index >= 15 is 0 Å². The second-order valence-electron chi connectivity index (χ2n) is 3.75. The average molecular weight is 240 g/mol. The van der Waals surface area contributed by atoms with E-state index in [0.717, 1.165) is 29.7 Å². The molecular weight excluding hydrogens is 226 g/mol. The lowest BCUT2D eigenvalue weighted by Gasteiger charge is -2.06. The van der Waals surface area contributed by atoms with Crippen molar-refractivity contribution in [3.63, 3.8) is 0 Å². The number of unbranched alkanes of at least 4 members (excludes halogenated alkanes) is 1. The first-order chi connectivity index (χ1) is 7.81. The summed E-state index contributed by atoms with van der Waals surface area (Å²) in [5, 5.41) is 2.78. The van der Waals surface area contributed by atoms with E-state index in [1.807, 2.05) is 18.2 Å². The fourth-order valence-corrected chi connectivity index (χ4v) is 1.87. The minimum atomic E-state index is 0.00342. The van der Waals surface area contributed by atoms with Crippen LogP contribution in [0.15, 0.2) is 18.2 Å². The van der Waals surface area contributed by atoms with Gasteiger partial charge in [-0.3, -0.25) is 4.79 Å². The summed E-state index contributed by atoms with van der Waals surface area (Å²) < 4.78 is 5.57. The Morgan fingerprint density at radius 2 is 2.25 bits per heavy atom. The molecule has 1 aliphatic heterocycles. The fourth-order valence-electron chi connectivity index (χ4n) is 1.68. The maximum Gasteiger partial charge on any atom is 0.251 e. The minimum Gasteiger partial charge on any atom is -0.494 e. The van der Waals surface area contributed by atoms with Gasteiger partial charge in [0.05, 0.1) is 6.61 Å². The van der Waals surface area contributed by atoms with Gasteiger partial charge in [0.2, 0.25) is 0 Å². The van der Waals surface area contributed by atoms with Gasteiger partial charge in [-0.15, -0.1) is 11.6 Å². The van der Waals surface area contributed by atoms with Gasteiger partial charge in [0, 0.05) is 18.0 Å². The molecule has 0 aromatic heterocycles. The Balaban J connectivity index is 1.94. The summed E-state index contributed by atoms with van der Waals surface area (Å²) in [5.41, 5.74) is 1.77. The molecule has 1 heterocycles. The first-order valence-electron chi connectivity index (χ1n) is 5.41. The smallest absolute Gasteiger partial charge is 0.251 e. The molecular formula is C12H14ClNO2. The number of fused-ring (bicyclic) bond motifs is 1. The summed E-state index contributed by atoms with van der Waals surface area (Å²) in [6.07, 6.45) is 1.92. The Hall–Kier alpha value is -1.22. The number of rotatable bonds is 5. The van der Waals surface area contributed by atoms with Crippen molar-refractivity contribution < 1.29 is 9.53 Å². The highest BCUT2D eigenvalue weighted by Crippen LogP contribution is 2.21. The lowest BCUT2D eigenvalue weighted by atomic mass is 10.1. The molecule has 16 heavy (non-hydrogen) atoms. The number of carbonyl (C=O) groups excluding carboxylic acids is 1. The van der Waals surface area contributed by atoms with E-state index in [-0.39, 0.29) is 5.91 Å². The number of hydrogen-bond donors (Lipinski definition) is 1. The third kappa shape index (κ3) is 2.47. The SMILES string of the molecule is O=C1NCc2cc(OCCCCCl)ccc21. The van der Waals surface area contributed by atoms with Gasteiger partial charge < -0.3 is 10.1 Å². The zero-order valence-corrected chi connectivity index (χ0v) is 9.72. The van der Waals surface area contributed by atoms with Crippen LogP contribution >= 0.6 is 11.6 Å². The van der Waals surface area contributed by atoms with Crippen LogP contribution in [-0.2, 0) is 6.54 Å². The van der Waals surface area contributed by atoms with E-state index in [0.29, 0.717) is 19.0 Å². The molecule has 1 amide bonds. The standard InChI is InChI=1S/C12H14ClNO2/c13-5-1-2-6-16-10-3-4-11-9(7-10)8-14-12(11)15/h3-4,7H,1-2,5-6,8H2,(H,14,15). The molecule has 1 aromatic rings. The van der Waals surface area contributed by atoms with Crippen LogP contribution in [0.3, 0.4) is 0 Å². The van der Waals surface area contributed by atoms with Crippen molar-refractivity contribution in [2.45, 2.75) is 19.4 Å². The number of hydrogen-bond acceptors (Lipinski definition) is 2. The number of ether oxygens (including phenoxy) is 1. The van der Waals surface area contributed by atoms with Gasteiger partial charge in [-0.25, -0.2) is 0 Å². The summed E-state index contributed by atoms with van der Waals surface area (Å²) in [6.45, 7) is 1.28. The molecule has 0 saturated heterocycles.